The van der Waals surface area contributed by atoms with Crippen LogP contribution in [0.5, 0.6) is 0 Å². The van der Waals surface area contributed by atoms with Crippen LogP contribution in [0.15, 0.2) is 78.9 Å². The van der Waals surface area contributed by atoms with Crippen LogP contribution in [0, 0.1) is 0 Å². The molecule has 0 saturated heterocycles. The molecular weight excluding hydrogens is 380 g/mol. The molecule has 0 heterocycles. The predicted octanol–water partition coefficient (Wildman–Crippen LogP) is 3.89. The van der Waals surface area contributed by atoms with Gasteiger partial charge in [0, 0.05) is 18.5 Å². The lowest BCUT2D eigenvalue weighted by Gasteiger charge is -2.09. The van der Waals surface area contributed by atoms with Gasteiger partial charge in [0.15, 0.2) is 0 Å². The van der Waals surface area contributed by atoms with Crippen molar-refractivity contribution in [2.24, 2.45) is 0 Å². The van der Waals surface area contributed by atoms with Crippen molar-refractivity contribution < 1.29 is 19.5 Å². The Hall–Kier alpha value is -3.93. The summed E-state index contributed by atoms with van der Waals surface area (Å²) >= 11 is 0. The molecule has 6 nitrogen and oxygen atoms in total. The first-order valence-corrected chi connectivity index (χ1v) is 9.56. The third kappa shape index (κ3) is 5.78. The molecule has 0 fully saturated rings. The number of carboxylic acid groups (broad SMARTS) is 1. The van der Waals surface area contributed by atoms with Crippen LogP contribution in [0.2, 0.25) is 0 Å². The molecule has 6 heteroatoms. The molecule has 3 aromatic rings. The number of amides is 2. The lowest BCUT2D eigenvalue weighted by molar-refractivity contribution is -0.121. The molecule has 0 aliphatic carbocycles. The summed E-state index contributed by atoms with van der Waals surface area (Å²) in [6, 6.07) is 22.9. The zero-order valence-electron chi connectivity index (χ0n) is 16.3. The number of anilines is 1. The van der Waals surface area contributed by atoms with E-state index in [1.54, 1.807) is 42.5 Å². The van der Waals surface area contributed by atoms with Gasteiger partial charge < -0.3 is 15.7 Å². The van der Waals surface area contributed by atoms with E-state index in [0.29, 0.717) is 24.9 Å². The lowest BCUT2D eigenvalue weighted by atomic mass is 10.1. The largest absolute Gasteiger partial charge is 0.478 e. The Morgan fingerprint density at radius 2 is 1.43 bits per heavy atom. The fraction of sp³-hybridized carbons (Fsp3) is 0.125. The van der Waals surface area contributed by atoms with Gasteiger partial charge in [-0.2, -0.15) is 0 Å². The van der Waals surface area contributed by atoms with E-state index in [4.69, 9.17) is 0 Å². The first-order chi connectivity index (χ1) is 14.5. The van der Waals surface area contributed by atoms with Crippen LogP contribution in [-0.2, 0) is 17.8 Å². The normalized spacial score (nSPS) is 10.3. The highest BCUT2D eigenvalue weighted by atomic mass is 16.4. The molecule has 0 radical (unpaired) electrons. The van der Waals surface area contributed by atoms with Gasteiger partial charge >= 0.3 is 5.97 Å². The van der Waals surface area contributed by atoms with E-state index >= 15 is 0 Å². The molecule has 0 aromatic heterocycles. The highest BCUT2D eigenvalue weighted by Crippen LogP contribution is 2.16. The minimum absolute atomic E-state index is 0.0284. The van der Waals surface area contributed by atoms with Crippen molar-refractivity contribution in [3.63, 3.8) is 0 Å². The molecule has 0 saturated carbocycles. The topological polar surface area (TPSA) is 95.5 Å². The summed E-state index contributed by atoms with van der Waals surface area (Å²) in [6.07, 6.45) is 1.09. The first kappa shape index (κ1) is 20.8. The predicted molar refractivity (Wildman–Crippen MR) is 114 cm³/mol. The fourth-order valence-electron chi connectivity index (χ4n) is 2.94. The summed E-state index contributed by atoms with van der Waals surface area (Å²) < 4.78 is 0. The molecule has 0 aliphatic rings. The summed E-state index contributed by atoms with van der Waals surface area (Å²) in [4.78, 5) is 35.7. The van der Waals surface area contributed by atoms with E-state index in [9.17, 15) is 19.5 Å². The molecular formula is C24H22N2O4. The summed E-state index contributed by atoms with van der Waals surface area (Å²) in [5.41, 5.74) is 2.65. The maximum Gasteiger partial charge on any atom is 0.337 e. The van der Waals surface area contributed by atoms with E-state index in [2.05, 4.69) is 10.6 Å². The molecule has 0 spiro atoms. The van der Waals surface area contributed by atoms with Gasteiger partial charge in [-0.05, 0) is 41.8 Å². The number of rotatable bonds is 8. The van der Waals surface area contributed by atoms with Crippen molar-refractivity contribution in [2.45, 2.75) is 19.4 Å². The third-order valence-electron chi connectivity index (χ3n) is 4.60. The van der Waals surface area contributed by atoms with Crippen LogP contribution in [0.4, 0.5) is 5.69 Å². The minimum atomic E-state index is -1.11. The van der Waals surface area contributed by atoms with Crippen molar-refractivity contribution in [3.8, 4) is 0 Å². The number of hydrogen-bond donors (Lipinski definition) is 3. The maximum absolute atomic E-state index is 12.4. The number of hydrogen-bond acceptors (Lipinski definition) is 3. The molecule has 3 rings (SSSR count). The zero-order chi connectivity index (χ0) is 21.3. The Labute approximate surface area is 174 Å². The van der Waals surface area contributed by atoms with E-state index in [-0.39, 0.29) is 17.2 Å². The summed E-state index contributed by atoms with van der Waals surface area (Å²) in [6.45, 7) is 0.372. The van der Waals surface area contributed by atoms with Gasteiger partial charge in [0.05, 0.1) is 11.3 Å². The Balaban J connectivity index is 1.51. The average Bonchev–Trinajstić information content (AvgIpc) is 2.77. The third-order valence-corrected chi connectivity index (χ3v) is 4.60. The monoisotopic (exact) mass is 402 g/mol. The second kappa shape index (κ2) is 10.0. The van der Waals surface area contributed by atoms with Crippen molar-refractivity contribution in [1.29, 1.82) is 0 Å². The van der Waals surface area contributed by atoms with E-state index in [0.717, 1.165) is 11.1 Å². The molecule has 0 unspecified atom stereocenters. The average molecular weight is 402 g/mol. The quantitative estimate of drug-likeness (QED) is 0.533. The SMILES string of the molecule is O=C(CCc1ccccc1)NCc1ccc(C(=O)Nc2ccccc2C(=O)O)cc1. The van der Waals surface area contributed by atoms with Crippen molar-refractivity contribution in [3.05, 3.63) is 101 Å². The second-order valence-corrected chi connectivity index (χ2v) is 6.76. The second-order valence-electron chi connectivity index (χ2n) is 6.76. The van der Waals surface area contributed by atoms with Crippen molar-refractivity contribution in [2.75, 3.05) is 5.32 Å². The summed E-state index contributed by atoms with van der Waals surface area (Å²) in [5.74, 6) is -1.54. The number of aryl methyl sites for hydroxylation is 1. The standard InChI is InChI=1S/C24H22N2O4/c27-22(15-12-17-6-2-1-3-7-17)25-16-18-10-13-19(14-11-18)23(28)26-21-9-5-4-8-20(21)24(29)30/h1-11,13-14H,12,15-16H2,(H,25,27)(H,26,28)(H,29,30). The number of nitrogens with one attached hydrogen (secondary N) is 2. The molecule has 152 valence electrons. The minimum Gasteiger partial charge on any atom is -0.478 e. The lowest BCUT2D eigenvalue weighted by Crippen LogP contribution is -2.23. The van der Waals surface area contributed by atoms with Crippen LogP contribution in [0.3, 0.4) is 0 Å². The van der Waals surface area contributed by atoms with Crippen LogP contribution in [0.25, 0.3) is 0 Å². The van der Waals surface area contributed by atoms with Gasteiger partial charge in [-0.1, -0.05) is 54.6 Å². The Bertz CT molecular complexity index is 1030. The van der Waals surface area contributed by atoms with Gasteiger partial charge in [-0.25, -0.2) is 4.79 Å². The van der Waals surface area contributed by atoms with Crippen molar-refractivity contribution >= 4 is 23.5 Å². The van der Waals surface area contributed by atoms with E-state index in [1.807, 2.05) is 30.3 Å². The molecule has 2 amide bonds. The number of carbonyl (C=O) groups is 3. The van der Waals surface area contributed by atoms with Crippen LogP contribution < -0.4 is 10.6 Å². The van der Waals surface area contributed by atoms with Gasteiger partial charge in [0.2, 0.25) is 5.91 Å². The number of aromatic carboxylic acids is 1. The Morgan fingerprint density at radius 1 is 0.767 bits per heavy atom. The van der Waals surface area contributed by atoms with Gasteiger partial charge in [-0.15, -0.1) is 0 Å². The molecule has 3 aromatic carbocycles. The molecule has 0 atom stereocenters. The highest BCUT2D eigenvalue weighted by molar-refractivity contribution is 6.07. The van der Waals surface area contributed by atoms with Gasteiger partial charge in [0.1, 0.15) is 0 Å². The summed E-state index contributed by atoms with van der Waals surface area (Å²) in [5, 5.41) is 14.7. The van der Waals surface area contributed by atoms with Crippen LogP contribution in [-0.4, -0.2) is 22.9 Å². The first-order valence-electron chi connectivity index (χ1n) is 9.56. The Morgan fingerprint density at radius 3 is 2.13 bits per heavy atom. The number of para-hydroxylation sites is 1. The maximum atomic E-state index is 12.4. The van der Waals surface area contributed by atoms with Gasteiger partial charge in [0.25, 0.3) is 5.91 Å². The fourth-order valence-corrected chi connectivity index (χ4v) is 2.94. The van der Waals surface area contributed by atoms with E-state index < -0.39 is 11.9 Å². The highest BCUT2D eigenvalue weighted by Gasteiger charge is 2.13. The zero-order valence-corrected chi connectivity index (χ0v) is 16.3. The number of benzene rings is 3. The van der Waals surface area contributed by atoms with Crippen LogP contribution >= 0.6 is 0 Å². The number of carboxylic acids is 1. The summed E-state index contributed by atoms with van der Waals surface area (Å²) in [7, 11) is 0. The molecule has 0 aliphatic heterocycles. The Kier molecular flexibility index (Phi) is 6.95. The molecule has 3 N–H and O–H groups in total. The molecule has 0 bridgehead atoms. The van der Waals surface area contributed by atoms with Crippen molar-refractivity contribution in [1.82, 2.24) is 5.32 Å². The van der Waals surface area contributed by atoms with E-state index in [1.165, 1.54) is 6.07 Å². The molecule has 30 heavy (non-hydrogen) atoms. The smallest absolute Gasteiger partial charge is 0.337 e. The van der Waals surface area contributed by atoms with Crippen LogP contribution in [0.1, 0.15) is 38.3 Å². The number of carbonyl (C=O) groups excluding carboxylic acids is 2. The van der Waals surface area contributed by atoms with Gasteiger partial charge in [-0.3, -0.25) is 9.59 Å².